The molecule has 1 amide bonds. The number of halogens is 4. The maximum Gasteiger partial charge on any atom is 0.406 e. The summed E-state index contributed by atoms with van der Waals surface area (Å²) in [6, 6.07) is 3.54. The Bertz CT molecular complexity index is 549. The van der Waals surface area contributed by atoms with Crippen molar-refractivity contribution in [2.75, 3.05) is 19.0 Å². The van der Waals surface area contributed by atoms with Gasteiger partial charge in [0.1, 0.15) is 6.54 Å². The number of carbonyl (C=O) groups is 1. The number of carbonyl (C=O) groups excluding carboxylic acids is 1. The number of rotatable bonds is 5. The predicted molar refractivity (Wildman–Crippen MR) is 70.5 cm³/mol. The Balaban J connectivity index is 3.09. The molecular weight excluding hydrogens is 313 g/mol. The smallest absolute Gasteiger partial charge is 0.328 e. The molecular formula is C12H12ClF3N2O3. The first kappa shape index (κ1) is 17.2. The summed E-state index contributed by atoms with van der Waals surface area (Å²) in [7, 11) is 0. The van der Waals surface area contributed by atoms with Crippen LogP contribution >= 0.6 is 11.6 Å². The minimum Gasteiger partial charge on any atom is -0.328 e. The van der Waals surface area contributed by atoms with E-state index >= 15 is 0 Å². The number of nitrogens with zero attached hydrogens (tertiary/aromatic N) is 2. The molecule has 0 heterocycles. The molecule has 0 N–H and O–H groups in total. The maximum atomic E-state index is 12.4. The van der Waals surface area contributed by atoms with Gasteiger partial charge < -0.3 is 4.90 Å². The van der Waals surface area contributed by atoms with E-state index in [1.165, 1.54) is 19.1 Å². The van der Waals surface area contributed by atoms with Crippen LogP contribution < -0.4 is 0 Å². The van der Waals surface area contributed by atoms with Crippen molar-refractivity contribution in [2.45, 2.75) is 13.1 Å². The second-order valence-corrected chi connectivity index (χ2v) is 4.67. The van der Waals surface area contributed by atoms with Crippen LogP contribution in [0.1, 0.15) is 15.9 Å². The Morgan fingerprint density at radius 2 is 2.05 bits per heavy atom. The highest BCUT2D eigenvalue weighted by Gasteiger charge is 2.33. The summed E-state index contributed by atoms with van der Waals surface area (Å²) in [5, 5.41) is 10.8. The topological polar surface area (TPSA) is 63.5 Å². The molecule has 0 unspecified atom stereocenters. The van der Waals surface area contributed by atoms with E-state index in [4.69, 9.17) is 11.6 Å². The zero-order chi connectivity index (χ0) is 16.2. The number of nitro groups is 1. The Morgan fingerprint density at radius 3 is 2.52 bits per heavy atom. The molecule has 1 aromatic carbocycles. The average Bonchev–Trinajstić information content (AvgIpc) is 2.36. The van der Waals surface area contributed by atoms with Crippen molar-refractivity contribution in [3.63, 3.8) is 0 Å². The van der Waals surface area contributed by atoms with Gasteiger partial charge in [0, 0.05) is 29.6 Å². The maximum absolute atomic E-state index is 12.4. The number of nitro benzene ring substituents is 1. The van der Waals surface area contributed by atoms with Gasteiger partial charge in [0.2, 0.25) is 0 Å². The molecule has 0 saturated carbocycles. The lowest BCUT2D eigenvalue weighted by molar-refractivity contribution is -0.385. The number of benzene rings is 1. The van der Waals surface area contributed by atoms with E-state index in [0.29, 0.717) is 10.5 Å². The molecule has 1 aromatic rings. The molecule has 0 radical (unpaired) electrons. The summed E-state index contributed by atoms with van der Waals surface area (Å²) in [4.78, 5) is 22.7. The fraction of sp³-hybridized carbons (Fsp3) is 0.417. The third-order valence-electron chi connectivity index (χ3n) is 2.66. The number of hydrogen-bond acceptors (Lipinski definition) is 3. The highest BCUT2D eigenvalue weighted by atomic mass is 35.5. The Labute approximate surface area is 123 Å². The number of amides is 1. The van der Waals surface area contributed by atoms with Crippen LogP contribution in [0.5, 0.6) is 0 Å². The van der Waals surface area contributed by atoms with Crippen molar-refractivity contribution in [3.8, 4) is 0 Å². The van der Waals surface area contributed by atoms with E-state index in [-0.39, 0.29) is 23.7 Å². The number of aryl methyl sites for hydroxylation is 1. The molecule has 0 aromatic heterocycles. The van der Waals surface area contributed by atoms with Crippen LogP contribution in [-0.4, -0.2) is 40.9 Å². The Kier molecular flexibility index (Phi) is 5.54. The lowest BCUT2D eigenvalue weighted by Crippen LogP contribution is -2.40. The minimum atomic E-state index is -4.57. The number of alkyl halides is 4. The van der Waals surface area contributed by atoms with E-state index < -0.39 is 23.6 Å². The summed E-state index contributed by atoms with van der Waals surface area (Å²) in [6.07, 6.45) is -4.57. The predicted octanol–water partition coefficient (Wildman–Crippen LogP) is 3.15. The lowest BCUT2D eigenvalue weighted by atomic mass is 10.1. The summed E-state index contributed by atoms with van der Waals surface area (Å²) in [6.45, 7) is -0.291. The Hall–Kier alpha value is -1.83. The highest BCUT2D eigenvalue weighted by Crippen LogP contribution is 2.22. The third-order valence-corrected chi connectivity index (χ3v) is 2.83. The molecule has 0 saturated heterocycles. The van der Waals surface area contributed by atoms with Crippen LogP contribution in [0.4, 0.5) is 18.9 Å². The highest BCUT2D eigenvalue weighted by molar-refractivity contribution is 6.18. The molecule has 9 heteroatoms. The molecule has 5 nitrogen and oxygen atoms in total. The summed E-state index contributed by atoms with van der Waals surface area (Å²) in [5.74, 6) is -1.12. The zero-order valence-electron chi connectivity index (χ0n) is 11.0. The lowest BCUT2D eigenvalue weighted by Gasteiger charge is -2.23. The third kappa shape index (κ3) is 4.89. The van der Waals surface area contributed by atoms with Crippen LogP contribution in [0.25, 0.3) is 0 Å². The molecule has 0 aliphatic carbocycles. The van der Waals surface area contributed by atoms with Gasteiger partial charge in [-0.1, -0.05) is 6.07 Å². The van der Waals surface area contributed by atoms with Gasteiger partial charge in [-0.2, -0.15) is 13.2 Å². The molecule has 0 spiro atoms. The van der Waals surface area contributed by atoms with Gasteiger partial charge in [0.05, 0.1) is 4.92 Å². The second-order valence-electron chi connectivity index (χ2n) is 4.29. The largest absolute Gasteiger partial charge is 0.406 e. The van der Waals surface area contributed by atoms with Crippen molar-refractivity contribution >= 4 is 23.2 Å². The van der Waals surface area contributed by atoms with E-state index in [2.05, 4.69) is 0 Å². The van der Waals surface area contributed by atoms with Gasteiger partial charge in [-0.05, 0) is 13.0 Å². The molecule has 21 heavy (non-hydrogen) atoms. The first-order chi connectivity index (χ1) is 9.65. The normalized spacial score (nSPS) is 11.3. The first-order valence-electron chi connectivity index (χ1n) is 5.82. The fourth-order valence-corrected chi connectivity index (χ4v) is 1.90. The molecule has 0 aliphatic rings. The molecule has 1 rings (SSSR count). The Morgan fingerprint density at radius 1 is 1.43 bits per heavy atom. The minimum absolute atomic E-state index is 0.171. The van der Waals surface area contributed by atoms with Gasteiger partial charge in [-0.15, -0.1) is 11.6 Å². The van der Waals surface area contributed by atoms with Crippen molar-refractivity contribution in [2.24, 2.45) is 0 Å². The van der Waals surface area contributed by atoms with Gasteiger partial charge >= 0.3 is 6.18 Å². The second kappa shape index (κ2) is 6.75. The first-order valence-corrected chi connectivity index (χ1v) is 6.36. The van der Waals surface area contributed by atoms with Crippen LogP contribution in [-0.2, 0) is 0 Å². The molecule has 0 aliphatic heterocycles. The van der Waals surface area contributed by atoms with E-state index in [9.17, 15) is 28.1 Å². The standard InChI is InChI=1S/C12H12ClF3N2O3/c1-8-2-3-9(6-10(8)18(20)21)11(19)17(5-4-13)7-12(14,15)16/h2-3,6H,4-5,7H2,1H3. The summed E-state index contributed by atoms with van der Waals surface area (Å²) >= 11 is 5.39. The van der Waals surface area contributed by atoms with E-state index in [1.807, 2.05) is 0 Å². The fourth-order valence-electron chi connectivity index (χ4n) is 1.69. The monoisotopic (exact) mass is 324 g/mol. The van der Waals surface area contributed by atoms with E-state index in [1.54, 1.807) is 0 Å². The summed E-state index contributed by atoms with van der Waals surface area (Å²) < 4.78 is 37.3. The van der Waals surface area contributed by atoms with Crippen molar-refractivity contribution in [1.29, 1.82) is 0 Å². The number of hydrogen-bond donors (Lipinski definition) is 0. The molecule has 0 fully saturated rings. The van der Waals surface area contributed by atoms with Crippen molar-refractivity contribution < 1.29 is 22.9 Å². The van der Waals surface area contributed by atoms with Crippen LogP contribution in [0.2, 0.25) is 0 Å². The summed E-state index contributed by atoms with van der Waals surface area (Å²) in [5.41, 5.74) is -0.184. The van der Waals surface area contributed by atoms with Gasteiger partial charge in [0.25, 0.3) is 11.6 Å². The SMILES string of the molecule is Cc1ccc(C(=O)N(CCCl)CC(F)(F)F)cc1[N+](=O)[O-]. The van der Waals surface area contributed by atoms with Gasteiger partial charge in [-0.3, -0.25) is 14.9 Å². The van der Waals surface area contributed by atoms with Gasteiger partial charge in [-0.25, -0.2) is 0 Å². The van der Waals surface area contributed by atoms with Gasteiger partial charge in [0.15, 0.2) is 0 Å². The van der Waals surface area contributed by atoms with Crippen molar-refractivity contribution in [3.05, 3.63) is 39.4 Å². The van der Waals surface area contributed by atoms with E-state index in [0.717, 1.165) is 6.07 Å². The zero-order valence-corrected chi connectivity index (χ0v) is 11.7. The van der Waals surface area contributed by atoms with Crippen molar-refractivity contribution in [1.82, 2.24) is 4.90 Å². The van der Waals surface area contributed by atoms with Crippen LogP contribution in [0.15, 0.2) is 18.2 Å². The van der Waals surface area contributed by atoms with Crippen LogP contribution in [0, 0.1) is 17.0 Å². The molecule has 0 bridgehead atoms. The van der Waals surface area contributed by atoms with Crippen LogP contribution in [0.3, 0.4) is 0 Å². The molecule has 0 atom stereocenters. The quantitative estimate of drug-likeness (QED) is 0.475. The molecule has 116 valence electrons. The average molecular weight is 325 g/mol.